The number of hydrogen-bond donors (Lipinski definition) is 1. The summed E-state index contributed by atoms with van der Waals surface area (Å²) in [6.45, 7) is 5.82. The van der Waals surface area contributed by atoms with Gasteiger partial charge in [-0.05, 0) is 19.8 Å². The minimum absolute atomic E-state index is 0.0133. The fraction of sp³-hybridized carbons (Fsp3) is 0.389. The molecule has 3 atom stereocenters. The number of nitriles is 2. The molecule has 2 rings (SSSR count). The van der Waals surface area contributed by atoms with Crippen LogP contribution < -0.4 is 0 Å². The molecule has 4 heteroatoms. The Morgan fingerprint density at radius 2 is 1.86 bits per heavy atom. The SMILES string of the molecule is CCC(C(C)C#N)C(C#N)c1nc(-c2ccccc2)[nH]c1C. The van der Waals surface area contributed by atoms with E-state index >= 15 is 0 Å². The summed E-state index contributed by atoms with van der Waals surface area (Å²) < 4.78 is 0. The van der Waals surface area contributed by atoms with Crippen molar-refractivity contribution in [3.8, 4) is 23.5 Å². The number of aryl methyl sites for hydroxylation is 1. The highest BCUT2D eigenvalue weighted by Crippen LogP contribution is 2.34. The molecule has 22 heavy (non-hydrogen) atoms. The number of nitrogens with one attached hydrogen (secondary N) is 1. The van der Waals surface area contributed by atoms with Gasteiger partial charge in [-0.3, -0.25) is 0 Å². The summed E-state index contributed by atoms with van der Waals surface area (Å²) in [5.41, 5.74) is 2.65. The lowest BCUT2D eigenvalue weighted by atomic mass is 9.80. The Morgan fingerprint density at radius 3 is 2.41 bits per heavy atom. The second-order valence-corrected chi connectivity index (χ2v) is 5.56. The molecule has 1 aromatic carbocycles. The maximum atomic E-state index is 9.62. The molecule has 0 fully saturated rings. The van der Waals surface area contributed by atoms with E-state index < -0.39 is 0 Å². The van der Waals surface area contributed by atoms with Crippen LogP contribution in [0.1, 0.15) is 37.6 Å². The van der Waals surface area contributed by atoms with Crippen LogP contribution in [0.25, 0.3) is 11.4 Å². The quantitative estimate of drug-likeness (QED) is 0.898. The van der Waals surface area contributed by atoms with Gasteiger partial charge >= 0.3 is 0 Å². The molecule has 1 heterocycles. The molecule has 1 N–H and O–H groups in total. The van der Waals surface area contributed by atoms with Gasteiger partial charge in [0.1, 0.15) is 5.82 Å². The number of imidazole rings is 1. The highest BCUT2D eigenvalue weighted by Gasteiger charge is 2.30. The number of nitrogens with zero attached hydrogens (tertiary/aromatic N) is 3. The lowest BCUT2D eigenvalue weighted by Crippen LogP contribution is -2.18. The molecule has 0 aliphatic carbocycles. The zero-order valence-electron chi connectivity index (χ0n) is 13.2. The van der Waals surface area contributed by atoms with Gasteiger partial charge in [-0.15, -0.1) is 0 Å². The smallest absolute Gasteiger partial charge is 0.137 e. The van der Waals surface area contributed by atoms with E-state index in [2.05, 4.69) is 22.1 Å². The summed E-state index contributed by atoms with van der Waals surface area (Å²) in [7, 11) is 0. The van der Waals surface area contributed by atoms with Crippen molar-refractivity contribution in [1.29, 1.82) is 10.5 Å². The topological polar surface area (TPSA) is 76.3 Å². The van der Waals surface area contributed by atoms with Gasteiger partial charge in [-0.25, -0.2) is 4.98 Å². The molecule has 0 spiro atoms. The van der Waals surface area contributed by atoms with E-state index in [4.69, 9.17) is 0 Å². The molecule has 0 saturated carbocycles. The van der Waals surface area contributed by atoms with Crippen LogP contribution in [0.3, 0.4) is 0 Å². The van der Waals surface area contributed by atoms with Crippen LogP contribution >= 0.6 is 0 Å². The molecule has 4 nitrogen and oxygen atoms in total. The van der Waals surface area contributed by atoms with Crippen LogP contribution in [0.15, 0.2) is 30.3 Å². The summed E-state index contributed by atoms with van der Waals surface area (Å²) in [4.78, 5) is 7.92. The minimum atomic E-state index is -0.367. The molecule has 0 amide bonds. The maximum absolute atomic E-state index is 9.62. The predicted octanol–water partition coefficient (Wildman–Crippen LogP) is 4.18. The Morgan fingerprint density at radius 1 is 1.18 bits per heavy atom. The van der Waals surface area contributed by atoms with Crippen LogP contribution in [-0.2, 0) is 0 Å². The van der Waals surface area contributed by atoms with Gasteiger partial charge < -0.3 is 4.98 Å². The third kappa shape index (κ3) is 3.02. The van der Waals surface area contributed by atoms with Gasteiger partial charge in [0.05, 0.1) is 23.8 Å². The third-order valence-corrected chi connectivity index (χ3v) is 4.15. The van der Waals surface area contributed by atoms with Gasteiger partial charge in [-0.1, -0.05) is 43.7 Å². The molecule has 3 unspecified atom stereocenters. The molecule has 0 aliphatic heterocycles. The highest BCUT2D eigenvalue weighted by molar-refractivity contribution is 5.56. The average molecular weight is 292 g/mol. The van der Waals surface area contributed by atoms with Crippen molar-refractivity contribution < 1.29 is 0 Å². The zero-order valence-corrected chi connectivity index (χ0v) is 13.2. The normalized spacial score (nSPS) is 14.6. The summed E-state index contributed by atoms with van der Waals surface area (Å²) in [5.74, 6) is 0.215. The monoisotopic (exact) mass is 292 g/mol. The summed E-state index contributed by atoms with van der Waals surface area (Å²) >= 11 is 0. The molecular formula is C18H20N4. The fourth-order valence-corrected chi connectivity index (χ4v) is 2.84. The first-order chi connectivity index (χ1) is 10.6. The van der Waals surface area contributed by atoms with Crippen molar-refractivity contribution in [2.24, 2.45) is 11.8 Å². The lowest BCUT2D eigenvalue weighted by Gasteiger charge is -2.21. The molecule has 112 valence electrons. The standard InChI is InChI=1S/C18H20N4/c1-4-15(12(2)10-19)16(11-20)17-13(3)21-18(22-17)14-8-6-5-7-9-14/h5-9,12,15-16H,4H2,1-3H3,(H,21,22). The van der Waals surface area contributed by atoms with Gasteiger partial charge in [0, 0.05) is 17.2 Å². The number of benzene rings is 1. The molecule has 0 aliphatic rings. The zero-order chi connectivity index (χ0) is 16.1. The lowest BCUT2D eigenvalue weighted by molar-refractivity contribution is 0.378. The van der Waals surface area contributed by atoms with Crippen molar-refractivity contribution in [2.45, 2.75) is 33.1 Å². The first kappa shape index (κ1) is 15.8. The minimum Gasteiger partial charge on any atom is -0.342 e. The van der Waals surface area contributed by atoms with Gasteiger partial charge in [0.25, 0.3) is 0 Å². The maximum Gasteiger partial charge on any atom is 0.137 e. The van der Waals surface area contributed by atoms with Crippen molar-refractivity contribution in [3.63, 3.8) is 0 Å². The molecule has 0 radical (unpaired) electrons. The second-order valence-electron chi connectivity index (χ2n) is 5.56. The Bertz CT molecular complexity index is 703. The van der Waals surface area contributed by atoms with Crippen molar-refractivity contribution in [3.05, 3.63) is 41.7 Å². The molecule has 2 aromatic rings. The van der Waals surface area contributed by atoms with E-state index in [0.29, 0.717) is 0 Å². The van der Waals surface area contributed by atoms with Crippen LogP contribution in [0.5, 0.6) is 0 Å². The Kier molecular flexibility index (Phi) is 4.96. The van der Waals surface area contributed by atoms with Gasteiger partial charge in [0.15, 0.2) is 0 Å². The van der Waals surface area contributed by atoms with E-state index in [0.717, 1.165) is 29.2 Å². The number of rotatable bonds is 5. The highest BCUT2D eigenvalue weighted by atomic mass is 14.9. The van der Waals surface area contributed by atoms with Crippen molar-refractivity contribution >= 4 is 0 Å². The van der Waals surface area contributed by atoms with E-state index in [1.807, 2.05) is 51.1 Å². The number of aromatic amines is 1. The second kappa shape index (κ2) is 6.91. The third-order valence-electron chi connectivity index (χ3n) is 4.15. The van der Waals surface area contributed by atoms with Crippen LogP contribution in [0, 0.1) is 41.4 Å². The van der Waals surface area contributed by atoms with Crippen molar-refractivity contribution in [2.75, 3.05) is 0 Å². The number of aromatic nitrogens is 2. The Balaban J connectivity index is 2.41. The number of H-pyrrole nitrogens is 1. The predicted molar refractivity (Wildman–Crippen MR) is 85.7 cm³/mol. The van der Waals surface area contributed by atoms with Gasteiger partial charge in [-0.2, -0.15) is 10.5 Å². The average Bonchev–Trinajstić information content (AvgIpc) is 2.94. The molecule has 0 saturated heterocycles. The van der Waals surface area contributed by atoms with Crippen LogP contribution in [-0.4, -0.2) is 9.97 Å². The first-order valence-corrected chi connectivity index (χ1v) is 7.53. The summed E-state index contributed by atoms with van der Waals surface area (Å²) in [5, 5.41) is 18.8. The van der Waals surface area contributed by atoms with Gasteiger partial charge in [0.2, 0.25) is 0 Å². The molecule has 1 aromatic heterocycles. The van der Waals surface area contributed by atoms with E-state index in [-0.39, 0.29) is 17.8 Å². The largest absolute Gasteiger partial charge is 0.342 e. The van der Waals surface area contributed by atoms with E-state index in [9.17, 15) is 10.5 Å². The fourth-order valence-electron chi connectivity index (χ4n) is 2.84. The Labute approximate surface area is 131 Å². The molecular weight excluding hydrogens is 272 g/mol. The number of hydrogen-bond acceptors (Lipinski definition) is 3. The first-order valence-electron chi connectivity index (χ1n) is 7.53. The van der Waals surface area contributed by atoms with Crippen LogP contribution in [0.4, 0.5) is 0 Å². The van der Waals surface area contributed by atoms with Crippen molar-refractivity contribution in [1.82, 2.24) is 9.97 Å². The van der Waals surface area contributed by atoms with E-state index in [1.54, 1.807) is 0 Å². The summed E-state index contributed by atoms with van der Waals surface area (Å²) in [6.07, 6.45) is 0.778. The van der Waals surface area contributed by atoms with Crippen LogP contribution in [0.2, 0.25) is 0 Å². The molecule has 0 bridgehead atoms. The van der Waals surface area contributed by atoms with E-state index in [1.165, 1.54) is 0 Å². The Hall–Kier alpha value is -2.59. The summed E-state index contributed by atoms with van der Waals surface area (Å²) in [6, 6.07) is 14.5.